The molecule has 0 amide bonds. The van der Waals surface area contributed by atoms with E-state index in [-0.39, 0.29) is 15.7 Å². The van der Waals surface area contributed by atoms with E-state index >= 15 is 0 Å². The lowest BCUT2D eigenvalue weighted by molar-refractivity contribution is 0.601. The molecule has 0 bridgehead atoms. The van der Waals surface area contributed by atoms with Crippen LogP contribution < -0.4 is 10.5 Å². The van der Waals surface area contributed by atoms with Crippen LogP contribution in [0.3, 0.4) is 0 Å². The smallest absolute Gasteiger partial charge is 0.263 e. The summed E-state index contributed by atoms with van der Waals surface area (Å²) >= 11 is 8.99. The molecular weight excluding hydrogens is 354 g/mol. The van der Waals surface area contributed by atoms with Gasteiger partial charge in [0, 0.05) is 16.4 Å². The van der Waals surface area contributed by atoms with Crippen LogP contribution in [0.25, 0.3) is 0 Å². The van der Waals surface area contributed by atoms with E-state index in [2.05, 4.69) is 25.6 Å². The van der Waals surface area contributed by atoms with Crippen molar-refractivity contribution in [1.29, 1.82) is 0 Å². The molecule has 0 aliphatic heterocycles. The van der Waals surface area contributed by atoms with E-state index in [9.17, 15) is 8.42 Å². The third kappa shape index (κ3) is 3.17. The Morgan fingerprint density at radius 1 is 1.32 bits per heavy atom. The molecule has 5 nitrogen and oxygen atoms in total. The summed E-state index contributed by atoms with van der Waals surface area (Å²) in [4.78, 5) is 3.83. The molecule has 0 saturated heterocycles. The number of anilines is 2. The molecular formula is C11H9BrClN3O2S. The van der Waals surface area contributed by atoms with E-state index in [1.54, 1.807) is 18.2 Å². The minimum atomic E-state index is -3.79. The normalized spacial score (nSPS) is 11.3. The van der Waals surface area contributed by atoms with Gasteiger partial charge in [-0.3, -0.25) is 4.72 Å². The van der Waals surface area contributed by atoms with Crippen LogP contribution in [-0.2, 0) is 10.0 Å². The Kier molecular flexibility index (Phi) is 3.98. The first-order valence-electron chi connectivity index (χ1n) is 5.08. The average Bonchev–Trinajstić information content (AvgIpc) is 2.35. The zero-order valence-corrected chi connectivity index (χ0v) is 12.6. The number of rotatable bonds is 3. The van der Waals surface area contributed by atoms with Gasteiger partial charge in [0.15, 0.2) is 5.15 Å². The Bertz CT molecular complexity index is 722. The quantitative estimate of drug-likeness (QED) is 0.649. The molecule has 8 heteroatoms. The van der Waals surface area contributed by atoms with E-state index in [1.807, 2.05) is 0 Å². The molecule has 1 aromatic carbocycles. The molecule has 0 fully saturated rings. The van der Waals surface area contributed by atoms with Gasteiger partial charge in [-0.2, -0.15) is 0 Å². The second-order valence-electron chi connectivity index (χ2n) is 3.64. The van der Waals surface area contributed by atoms with E-state index < -0.39 is 10.0 Å². The van der Waals surface area contributed by atoms with Crippen molar-refractivity contribution in [2.24, 2.45) is 0 Å². The third-order valence-electron chi connectivity index (χ3n) is 2.25. The summed E-state index contributed by atoms with van der Waals surface area (Å²) in [5.74, 6) is 0. The Balaban J connectivity index is 2.44. The van der Waals surface area contributed by atoms with Crippen molar-refractivity contribution in [3.63, 3.8) is 0 Å². The topological polar surface area (TPSA) is 85.1 Å². The van der Waals surface area contributed by atoms with Crippen LogP contribution in [0.1, 0.15) is 0 Å². The number of nitrogens with one attached hydrogen (secondary N) is 1. The summed E-state index contributed by atoms with van der Waals surface area (Å²) in [6, 6.07) is 7.62. The van der Waals surface area contributed by atoms with E-state index in [0.717, 1.165) is 0 Å². The Labute approximate surface area is 124 Å². The molecule has 0 aliphatic carbocycles. The molecule has 0 radical (unpaired) electrons. The zero-order chi connectivity index (χ0) is 14.0. The largest absolute Gasteiger partial charge is 0.399 e. The number of benzene rings is 1. The lowest BCUT2D eigenvalue weighted by Gasteiger charge is -2.10. The molecule has 0 saturated carbocycles. The molecule has 0 spiro atoms. The molecule has 3 N–H and O–H groups in total. The number of sulfonamides is 1. The Morgan fingerprint density at radius 2 is 2.05 bits per heavy atom. The second kappa shape index (κ2) is 5.36. The van der Waals surface area contributed by atoms with Crippen molar-refractivity contribution in [2.75, 3.05) is 10.5 Å². The van der Waals surface area contributed by atoms with Gasteiger partial charge in [0.05, 0.1) is 5.69 Å². The van der Waals surface area contributed by atoms with Gasteiger partial charge < -0.3 is 5.73 Å². The molecule has 100 valence electrons. The van der Waals surface area contributed by atoms with Gasteiger partial charge in [0.2, 0.25) is 0 Å². The fourth-order valence-electron chi connectivity index (χ4n) is 1.39. The molecule has 2 aromatic rings. The number of halogens is 2. The van der Waals surface area contributed by atoms with Gasteiger partial charge in [-0.15, -0.1) is 0 Å². The van der Waals surface area contributed by atoms with Gasteiger partial charge >= 0.3 is 0 Å². The second-order valence-corrected chi connectivity index (χ2v) is 6.50. The van der Waals surface area contributed by atoms with Crippen LogP contribution in [-0.4, -0.2) is 13.4 Å². The maximum Gasteiger partial charge on any atom is 0.263 e. The van der Waals surface area contributed by atoms with Crippen molar-refractivity contribution in [1.82, 2.24) is 4.98 Å². The molecule has 0 atom stereocenters. The molecule has 0 aliphatic rings. The average molecular weight is 363 g/mol. The molecule has 1 aromatic heterocycles. The monoisotopic (exact) mass is 361 g/mol. The number of pyridine rings is 1. The highest BCUT2D eigenvalue weighted by atomic mass is 79.9. The first-order valence-corrected chi connectivity index (χ1v) is 7.74. The van der Waals surface area contributed by atoms with E-state index in [4.69, 9.17) is 17.3 Å². The van der Waals surface area contributed by atoms with Crippen LogP contribution in [0, 0.1) is 0 Å². The number of nitrogen functional groups attached to an aromatic ring is 1. The van der Waals surface area contributed by atoms with E-state index in [1.165, 1.54) is 18.3 Å². The summed E-state index contributed by atoms with van der Waals surface area (Å²) < 4.78 is 27.3. The maximum atomic E-state index is 12.2. The molecule has 1 heterocycles. The fourth-order valence-corrected chi connectivity index (χ4v) is 3.68. The Morgan fingerprint density at radius 3 is 2.74 bits per heavy atom. The predicted octanol–water partition coefficient (Wildman–Crippen LogP) is 2.88. The molecule has 19 heavy (non-hydrogen) atoms. The van der Waals surface area contributed by atoms with Crippen molar-refractivity contribution in [3.05, 3.63) is 46.2 Å². The summed E-state index contributed by atoms with van der Waals surface area (Å²) in [5.41, 5.74) is 6.15. The Hall–Kier alpha value is -1.31. The van der Waals surface area contributed by atoms with Gasteiger partial charge in [0.1, 0.15) is 4.90 Å². The van der Waals surface area contributed by atoms with Gasteiger partial charge in [-0.25, -0.2) is 13.4 Å². The number of aromatic nitrogens is 1. The molecule has 2 rings (SSSR count). The lowest BCUT2D eigenvalue weighted by Crippen LogP contribution is -2.14. The highest BCUT2D eigenvalue weighted by Crippen LogP contribution is 2.27. The number of nitrogens with two attached hydrogens (primary N) is 1. The van der Waals surface area contributed by atoms with Gasteiger partial charge in [-0.1, -0.05) is 11.6 Å². The van der Waals surface area contributed by atoms with Crippen LogP contribution in [0.2, 0.25) is 5.15 Å². The van der Waals surface area contributed by atoms with Crippen LogP contribution in [0.4, 0.5) is 11.4 Å². The zero-order valence-electron chi connectivity index (χ0n) is 9.47. The van der Waals surface area contributed by atoms with Crippen LogP contribution in [0.5, 0.6) is 0 Å². The summed E-state index contributed by atoms with van der Waals surface area (Å²) in [7, 11) is -3.79. The van der Waals surface area contributed by atoms with Crippen LogP contribution >= 0.6 is 27.5 Å². The minimum absolute atomic E-state index is 0.0346. The first kappa shape index (κ1) is 14.1. The van der Waals surface area contributed by atoms with Gasteiger partial charge in [-0.05, 0) is 46.3 Å². The number of hydrogen-bond donors (Lipinski definition) is 2. The van der Waals surface area contributed by atoms with E-state index in [0.29, 0.717) is 10.2 Å². The lowest BCUT2D eigenvalue weighted by atomic mass is 10.3. The van der Waals surface area contributed by atoms with Crippen molar-refractivity contribution in [2.45, 2.75) is 4.90 Å². The summed E-state index contributed by atoms with van der Waals surface area (Å²) in [6.45, 7) is 0. The maximum absolute atomic E-state index is 12.2. The summed E-state index contributed by atoms with van der Waals surface area (Å²) in [5, 5.41) is 0.0751. The minimum Gasteiger partial charge on any atom is -0.399 e. The summed E-state index contributed by atoms with van der Waals surface area (Å²) in [6.07, 6.45) is 1.47. The van der Waals surface area contributed by atoms with Gasteiger partial charge in [0.25, 0.3) is 10.0 Å². The standard InChI is InChI=1S/C11H9BrClN3O2S/c12-8-4-3-7(14)6-10(8)19(17,18)16-9-2-1-5-15-11(9)13/h1-6,16H,14H2. The SMILES string of the molecule is Nc1ccc(Br)c(S(=O)(=O)Nc2cccnc2Cl)c1. The highest BCUT2D eigenvalue weighted by molar-refractivity contribution is 9.10. The third-order valence-corrected chi connectivity index (χ3v) is 4.91. The first-order chi connectivity index (χ1) is 8.90. The highest BCUT2D eigenvalue weighted by Gasteiger charge is 2.19. The van der Waals surface area contributed by atoms with Crippen molar-refractivity contribution in [3.8, 4) is 0 Å². The van der Waals surface area contributed by atoms with Crippen molar-refractivity contribution >= 4 is 48.9 Å². The fraction of sp³-hybridized carbons (Fsp3) is 0. The predicted molar refractivity (Wildman–Crippen MR) is 78.6 cm³/mol. The van der Waals surface area contributed by atoms with Crippen LogP contribution in [0.15, 0.2) is 45.9 Å². The number of hydrogen-bond acceptors (Lipinski definition) is 4. The molecule has 0 unspecified atom stereocenters. The number of nitrogens with zero attached hydrogens (tertiary/aromatic N) is 1. The van der Waals surface area contributed by atoms with Crippen molar-refractivity contribution < 1.29 is 8.42 Å².